The SMILES string of the molecule is CC(C)NC(=O)Nc1ccccc1C(=O)Nc1cccc(C(=O)c2ccccc2)c1. The number of urea groups is 1. The van der Waals surface area contributed by atoms with Crippen molar-refractivity contribution in [3.63, 3.8) is 0 Å². The molecule has 6 nitrogen and oxygen atoms in total. The van der Waals surface area contributed by atoms with Gasteiger partial charge in [-0.25, -0.2) is 4.79 Å². The Hall–Kier alpha value is -3.93. The van der Waals surface area contributed by atoms with Gasteiger partial charge in [0.25, 0.3) is 5.91 Å². The molecule has 0 bridgehead atoms. The lowest BCUT2D eigenvalue weighted by molar-refractivity contribution is 0.102. The lowest BCUT2D eigenvalue weighted by atomic mass is 10.0. The molecule has 0 fully saturated rings. The summed E-state index contributed by atoms with van der Waals surface area (Å²) in [4.78, 5) is 37.5. The quantitative estimate of drug-likeness (QED) is 0.523. The molecule has 0 aliphatic carbocycles. The van der Waals surface area contributed by atoms with Gasteiger partial charge in [0.1, 0.15) is 0 Å². The van der Waals surface area contributed by atoms with E-state index >= 15 is 0 Å². The fourth-order valence-electron chi connectivity index (χ4n) is 2.90. The van der Waals surface area contributed by atoms with Crippen LogP contribution in [0, 0.1) is 0 Å². The first-order valence-corrected chi connectivity index (χ1v) is 9.62. The third kappa shape index (κ3) is 5.32. The van der Waals surface area contributed by atoms with Crippen LogP contribution in [-0.4, -0.2) is 23.8 Å². The molecule has 3 aromatic rings. The Morgan fingerprint density at radius 1 is 0.733 bits per heavy atom. The molecule has 0 saturated carbocycles. The standard InChI is InChI=1S/C24H23N3O3/c1-16(2)25-24(30)27-21-14-7-6-13-20(21)23(29)26-19-12-8-11-18(15-19)22(28)17-9-4-3-5-10-17/h3-16H,1-2H3,(H,26,29)(H2,25,27,30). The molecule has 0 aliphatic rings. The number of carbonyl (C=O) groups excluding carboxylic acids is 3. The van der Waals surface area contributed by atoms with Crippen molar-refractivity contribution in [2.45, 2.75) is 19.9 Å². The first kappa shape index (κ1) is 20.8. The van der Waals surface area contributed by atoms with E-state index in [1.54, 1.807) is 72.8 Å². The fourth-order valence-corrected chi connectivity index (χ4v) is 2.90. The van der Waals surface area contributed by atoms with Crippen LogP contribution in [-0.2, 0) is 0 Å². The van der Waals surface area contributed by atoms with Gasteiger partial charge in [-0.05, 0) is 38.1 Å². The number of hydrogen-bond donors (Lipinski definition) is 3. The average molecular weight is 401 g/mol. The summed E-state index contributed by atoms with van der Waals surface area (Å²) in [6, 6.07) is 22.0. The van der Waals surface area contributed by atoms with Crippen LogP contribution >= 0.6 is 0 Å². The molecule has 3 aromatic carbocycles. The van der Waals surface area contributed by atoms with Crippen molar-refractivity contribution >= 4 is 29.1 Å². The van der Waals surface area contributed by atoms with Gasteiger partial charge in [-0.1, -0.05) is 54.6 Å². The van der Waals surface area contributed by atoms with E-state index in [1.165, 1.54) is 0 Å². The Morgan fingerprint density at radius 3 is 2.13 bits per heavy atom. The van der Waals surface area contributed by atoms with Crippen LogP contribution in [0.5, 0.6) is 0 Å². The lowest BCUT2D eigenvalue weighted by Gasteiger charge is -2.14. The molecule has 3 amide bonds. The number of hydrogen-bond acceptors (Lipinski definition) is 3. The Morgan fingerprint density at radius 2 is 1.40 bits per heavy atom. The number of rotatable bonds is 6. The second-order valence-electron chi connectivity index (χ2n) is 7.03. The van der Waals surface area contributed by atoms with E-state index in [0.717, 1.165) is 0 Å². The van der Waals surface area contributed by atoms with Crippen LogP contribution in [0.2, 0.25) is 0 Å². The predicted octanol–water partition coefficient (Wildman–Crippen LogP) is 4.70. The summed E-state index contributed by atoms with van der Waals surface area (Å²) >= 11 is 0. The molecule has 3 rings (SSSR count). The summed E-state index contributed by atoms with van der Waals surface area (Å²) in [5.74, 6) is -0.515. The largest absolute Gasteiger partial charge is 0.336 e. The molecule has 0 saturated heterocycles. The zero-order chi connectivity index (χ0) is 21.5. The van der Waals surface area contributed by atoms with Crippen molar-refractivity contribution < 1.29 is 14.4 Å². The molecule has 0 heterocycles. The number of nitrogens with one attached hydrogen (secondary N) is 3. The van der Waals surface area contributed by atoms with Gasteiger partial charge < -0.3 is 16.0 Å². The third-order valence-electron chi connectivity index (χ3n) is 4.26. The number of carbonyl (C=O) groups is 3. The van der Waals surface area contributed by atoms with Crippen LogP contribution in [0.4, 0.5) is 16.2 Å². The van der Waals surface area contributed by atoms with Crippen LogP contribution in [0.25, 0.3) is 0 Å². The Kier molecular flexibility index (Phi) is 6.60. The van der Waals surface area contributed by atoms with Gasteiger partial charge in [0.15, 0.2) is 5.78 Å². The maximum Gasteiger partial charge on any atom is 0.319 e. The van der Waals surface area contributed by atoms with Gasteiger partial charge in [-0.2, -0.15) is 0 Å². The smallest absolute Gasteiger partial charge is 0.319 e. The zero-order valence-electron chi connectivity index (χ0n) is 16.8. The van der Waals surface area contributed by atoms with Gasteiger partial charge in [-0.15, -0.1) is 0 Å². The normalized spacial score (nSPS) is 10.4. The summed E-state index contributed by atoms with van der Waals surface area (Å²) < 4.78 is 0. The average Bonchev–Trinajstić information content (AvgIpc) is 2.73. The molecule has 0 radical (unpaired) electrons. The molecular weight excluding hydrogens is 378 g/mol. The number of benzene rings is 3. The maximum absolute atomic E-state index is 12.8. The minimum absolute atomic E-state index is 0.0316. The minimum atomic E-state index is -0.389. The molecule has 30 heavy (non-hydrogen) atoms. The predicted molar refractivity (Wildman–Crippen MR) is 118 cm³/mol. The fraction of sp³-hybridized carbons (Fsp3) is 0.125. The van der Waals surface area contributed by atoms with Crippen LogP contribution in [0.1, 0.15) is 40.1 Å². The molecule has 3 N–H and O–H groups in total. The van der Waals surface area contributed by atoms with E-state index < -0.39 is 0 Å². The van der Waals surface area contributed by atoms with Gasteiger partial charge in [-0.3, -0.25) is 9.59 Å². The minimum Gasteiger partial charge on any atom is -0.336 e. The van der Waals surface area contributed by atoms with Crippen LogP contribution in [0.15, 0.2) is 78.9 Å². The van der Waals surface area contributed by atoms with Crippen molar-refractivity contribution in [3.8, 4) is 0 Å². The van der Waals surface area contributed by atoms with E-state index in [-0.39, 0.29) is 23.8 Å². The summed E-state index contributed by atoms with van der Waals surface area (Å²) in [5, 5.41) is 8.21. The number of anilines is 2. The summed E-state index contributed by atoms with van der Waals surface area (Å²) in [7, 11) is 0. The molecule has 0 aromatic heterocycles. The molecule has 0 atom stereocenters. The molecule has 0 aliphatic heterocycles. The van der Waals surface area contributed by atoms with Gasteiger partial charge in [0.05, 0.1) is 11.3 Å². The van der Waals surface area contributed by atoms with E-state index in [2.05, 4.69) is 16.0 Å². The summed E-state index contributed by atoms with van der Waals surface area (Å²) in [5.41, 5.74) is 2.25. The van der Waals surface area contributed by atoms with Crippen LogP contribution in [0.3, 0.4) is 0 Å². The number of ketones is 1. The van der Waals surface area contributed by atoms with Crippen molar-refractivity contribution in [2.75, 3.05) is 10.6 Å². The highest BCUT2D eigenvalue weighted by Crippen LogP contribution is 2.19. The molecule has 0 spiro atoms. The first-order valence-electron chi connectivity index (χ1n) is 9.62. The Balaban J connectivity index is 1.77. The van der Waals surface area contributed by atoms with Crippen molar-refractivity contribution in [3.05, 3.63) is 95.6 Å². The highest BCUT2D eigenvalue weighted by molar-refractivity contribution is 6.12. The van der Waals surface area contributed by atoms with E-state index in [4.69, 9.17) is 0 Å². The Bertz CT molecular complexity index is 1060. The van der Waals surface area contributed by atoms with Gasteiger partial charge in [0.2, 0.25) is 0 Å². The molecule has 0 unspecified atom stereocenters. The summed E-state index contributed by atoms with van der Waals surface area (Å²) in [6.07, 6.45) is 0. The van der Waals surface area contributed by atoms with Gasteiger partial charge in [0, 0.05) is 22.9 Å². The lowest BCUT2D eigenvalue weighted by Crippen LogP contribution is -2.34. The molecule has 6 heteroatoms. The molecular formula is C24H23N3O3. The van der Waals surface area contributed by atoms with E-state index in [9.17, 15) is 14.4 Å². The topological polar surface area (TPSA) is 87.3 Å². The second kappa shape index (κ2) is 9.52. The second-order valence-corrected chi connectivity index (χ2v) is 7.03. The van der Waals surface area contributed by atoms with E-state index in [1.807, 2.05) is 19.9 Å². The number of para-hydroxylation sites is 1. The van der Waals surface area contributed by atoms with Crippen molar-refractivity contribution in [1.82, 2.24) is 5.32 Å². The van der Waals surface area contributed by atoms with Crippen molar-refractivity contribution in [1.29, 1.82) is 0 Å². The zero-order valence-corrected chi connectivity index (χ0v) is 16.8. The third-order valence-corrected chi connectivity index (χ3v) is 4.26. The Labute approximate surface area is 175 Å². The number of amides is 3. The van der Waals surface area contributed by atoms with E-state index in [0.29, 0.717) is 28.1 Å². The highest BCUT2D eigenvalue weighted by atomic mass is 16.2. The van der Waals surface area contributed by atoms with Crippen molar-refractivity contribution in [2.24, 2.45) is 0 Å². The highest BCUT2D eigenvalue weighted by Gasteiger charge is 2.15. The first-order chi connectivity index (χ1) is 14.4. The van der Waals surface area contributed by atoms with Gasteiger partial charge >= 0.3 is 6.03 Å². The van der Waals surface area contributed by atoms with Crippen LogP contribution < -0.4 is 16.0 Å². The molecule has 152 valence electrons. The monoisotopic (exact) mass is 401 g/mol. The maximum atomic E-state index is 12.8. The summed E-state index contributed by atoms with van der Waals surface area (Å²) in [6.45, 7) is 3.70.